The van der Waals surface area contributed by atoms with E-state index in [-0.39, 0.29) is 5.97 Å². The summed E-state index contributed by atoms with van der Waals surface area (Å²) in [6.07, 6.45) is 0. The zero-order valence-corrected chi connectivity index (χ0v) is 9.53. The van der Waals surface area contributed by atoms with Crippen LogP contribution in [0.2, 0.25) is 0 Å². The van der Waals surface area contributed by atoms with Crippen LogP contribution in [0.4, 0.5) is 5.69 Å². The van der Waals surface area contributed by atoms with Crippen molar-refractivity contribution < 1.29 is 13.8 Å². The van der Waals surface area contributed by atoms with Crippen LogP contribution in [0.3, 0.4) is 0 Å². The first-order valence-electron chi connectivity index (χ1n) is 4.72. The summed E-state index contributed by atoms with van der Waals surface area (Å²) in [6.45, 7) is 2.41. The Labute approximate surface area is 89.8 Å². The molecule has 0 bridgehead atoms. The Hall–Kier alpha value is -1.12. The third-order valence-corrected chi connectivity index (χ3v) is 3.62. The molecular formula is C10H12NO3P. The van der Waals surface area contributed by atoms with Crippen molar-refractivity contribution in [1.82, 2.24) is 0 Å². The van der Waals surface area contributed by atoms with Crippen molar-refractivity contribution in [3.63, 3.8) is 0 Å². The number of nitrogens with zero attached hydrogens (tertiary/aromatic N) is 1. The third kappa shape index (κ3) is 1.83. The molecule has 0 aliphatic carbocycles. The summed E-state index contributed by atoms with van der Waals surface area (Å²) < 4.78 is 12.4. The number of para-hydroxylation sites is 1. The number of hydrogen-bond acceptors (Lipinski definition) is 4. The van der Waals surface area contributed by atoms with E-state index in [1.54, 1.807) is 6.07 Å². The molecule has 1 heterocycles. The molecule has 0 saturated heterocycles. The number of benzene rings is 1. The van der Waals surface area contributed by atoms with Crippen LogP contribution in [0, 0.1) is 0 Å². The van der Waals surface area contributed by atoms with Crippen molar-refractivity contribution in [2.45, 2.75) is 6.92 Å². The molecule has 0 aromatic heterocycles. The Morgan fingerprint density at radius 1 is 1.47 bits per heavy atom. The molecule has 1 aromatic carbocycles. The molecule has 0 saturated carbocycles. The van der Waals surface area contributed by atoms with Crippen molar-refractivity contribution >= 4 is 20.2 Å². The summed E-state index contributed by atoms with van der Waals surface area (Å²) in [5, 5.41) is 0. The first kappa shape index (κ1) is 10.4. The SMILES string of the molecule is CCOP1OC(=O)c2ccccc2N1C. The molecule has 1 aliphatic rings. The lowest BCUT2D eigenvalue weighted by Gasteiger charge is -2.31. The number of carbonyl (C=O) groups is 1. The van der Waals surface area contributed by atoms with E-state index >= 15 is 0 Å². The van der Waals surface area contributed by atoms with Crippen LogP contribution < -0.4 is 4.67 Å². The normalized spacial score (nSPS) is 19.7. The molecule has 1 unspecified atom stereocenters. The molecule has 2 rings (SSSR count). The number of anilines is 1. The van der Waals surface area contributed by atoms with Gasteiger partial charge in [0.2, 0.25) is 0 Å². The smallest absolute Gasteiger partial charge is 0.355 e. The van der Waals surface area contributed by atoms with Crippen LogP contribution >= 0.6 is 8.53 Å². The highest BCUT2D eigenvalue weighted by molar-refractivity contribution is 7.50. The maximum atomic E-state index is 11.6. The first-order valence-corrected chi connectivity index (χ1v) is 5.85. The first-order chi connectivity index (χ1) is 7.24. The zero-order valence-electron chi connectivity index (χ0n) is 8.64. The summed E-state index contributed by atoms with van der Waals surface area (Å²) in [4.78, 5) is 11.6. The lowest BCUT2D eigenvalue weighted by atomic mass is 10.2. The lowest BCUT2D eigenvalue weighted by molar-refractivity contribution is 0.0721. The van der Waals surface area contributed by atoms with Gasteiger partial charge in [0.25, 0.3) is 0 Å². The van der Waals surface area contributed by atoms with Crippen LogP contribution in [0.15, 0.2) is 24.3 Å². The Morgan fingerprint density at radius 3 is 2.93 bits per heavy atom. The van der Waals surface area contributed by atoms with Crippen molar-refractivity contribution in [2.75, 3.05) is 18.3 Å². The molecule has 0 fully saturated rings. The zero-order chi connectivity index (χ0) is 10.8. The standard InChI is InChI=1S/C10H12NO3P/c1-3-13-15-11(2)9-7-5-4-6-8(9)10(12)14-15/h4-7H,3H2,1-2H3. The van der Waals surface area contributed by atoms with Gasteiger partial charge in [-0.1, -0.05) is 12.1 Å². The van der Waals surface area contributed by atoms with E-state index < -0.39 is 8.53 Å². The van der Waals surface area contributed by atoms with Crippen molar-refractivity contribution in [1.29, 1.82) is 0 Å². The van der Waals surface area contributed by atoms with Gasteiger partial charge in [-0.3, -0.25) is 4.67 Å². The molecule has 0 spiro atoms. The fourth-order valence-electron chi connectivity index (χ4n) is 1.42. The van der Waals surface area contributed by atoms with E-state index in [0.717, 1.165) is 5.69 Å². The Morgan fingerprint density at radius 2 is 2.20 bits per heavy atom. The summed E-state index contributed by atoms with van der Waals surface area (Å²) in [5.74, 6) is -0.303. The van der Waals surface area contributed by atoms with Gasteiger partial charge >= 0.3 is 14.5 Å². The van der Waals surface area contributed by atoms with Gasteiger partial charge in [-0.25, -0.2) is 4.79 Å². The van der Waals surface area contributed by atoms with Crippen molar-refractivity contribution in [2.24, 2.45) is 0 Å². The highest BCUT2D eigenvalue weighted by Crippen LogP contribution is 2.49. The largest absolute Gasteiger partial charge is 0.395 e. The fraction of sp³-hybridized carbons (Fsp3) is 0.300. The van der Waals surface area contributed by atoms with Gasteiger partial charge in [0.1, 0.15) is 0 Å². The Bertz CT molecular complexity index is 383. The number of fused-ring (bicyclic) bond motifs is 1. The highest BCUT2D eigenvalue weighted by Gasteiger charge is 2.32. The second-order valence-corrected chi connectivity index (χ2v) is 4.59. The van der Waals surface area contributed by atoms with Gasteiger partial charge in [-0.2, -0.15) is 0 Å². The number of carbonyl (C=O) groups excluding carboxylic acids is 1. The van der Waals surface area contributed by atoms with E-state index in [0.29, 0.717) is 12.2 Å². The molecule has 15 heavy (non-hydrogen) atoms. The van der Waals surface area contributed by atoms with Crippen LogP contribution in [0.25, 0.3) is 0 Å². The molecule has 0 N–H and O–H groups in total. The van der Waals surface area contributed by atoms with Crippen LogP contribution in [0.1, 0.15) is 17.3 Å². The van der Waals surface area contributed by atoms with Crippen LogP contribution in [0.5, 0.6) is 0 Å². The van der Waals surface area contributed by atoms with Gasteiger partial charge in [0.15, 0.2) is 0 Å². The predicted octanol–water partition coefficient (Wildman–Crippen LogP) is 2.56. The van der Waals surface area contributed by atoms with E-state index in [4.69, 9.17) is 9.05 Å². The monoisotopic (exact) mass is 225 g/mol. The molecule has 4 nitrogen and oxygen atoms in total. The quantitative estimate of drug-likeness (QED) is 0.725. The number of rotatable bonds is 2. The summed E-state index contributed by atoms with van der Waals surface area (Å²) in [7, 11) is 0.592. The van der Waals surface area contributed by atoms with E-state index in [2.05, 4.69) is 0 Å². The fourth-order valence-corrected chi connectivity index (χ4v) is 2.58. The summed E-state index contributed by atoms with van der Waals surface area (Å²) >= 11 is 0. The molecule has 80 valence electrons. The van der Waals surface area contributed by atoms with E-state index in [1.807, 2.05) is 36.8 Å². The van der Waals surface area contributed by atoms with Gasteiger partial charge in [-0.15, -0.1) is 0 Å². The molecule has 1 aliphatic heterocycles. The Balaban J connectivity index is 2.35. The topological polar surface area (TPSA) is 38.8 Å². The highest BCUT2D eigenvalue weighted by atomic mass is 31.2. The van der Waals surface area contributed by atoms with E-state index in [9.17, 15) is 4.79 Å². The molecule has 5 heteroatoms. The predicted molar refractivity (Wildman–Crippen MR) is 58.8 cm³/mol. The van der Waals surface area contributed by atoms with Gasteiger partial charge in [0, 0.05) is 7.05 Å². The maximum Gasteiger partial charge on any atom is 0.355 e. The summed E-state index contributed by atoms with van der Waals surface area (Å²) in [5.41, 5.74) is 1.46. The minimum atomic E-state index is -1.28. The lowest BCUT2D eigenvalue weighted by Crippen LogP contribution is -2.23. The molecule has 1 atom stereocenters. The van der Waals surface area contributed by atoms with Gasteiger partial charge in [-0.05, 0) is 19.1 Å². The van der Waals surface area contributed by atoms with Crippen LogP contribution in [-0.2, 0) is 9.05 Å². The number of hydrogen-bond donors (Lipinski definition) is 0. The minimum Gasteiger partial charge on any atom is -0.395 e. The molecular weight excluding hydrogens is 213 g/mol. The minimum absolute atomic E-state index is 0.303. The van der Waals surface area contributed by atoms with Crippen LogP contribution in [-0.4, -0.2) is 19.6 Å². The van der Waals surface area contributed by atoms with Crippen molar-refractivity contribution in [3.05, 3.63) is 29.8 Å². The second kappa shape index (κ2) is 4.17. The summed E-state index contributed by atoms with van der Waals surface area (Å²) in [6, 6.07) is 7.37. The Kier molecular flexibility index (Phi) is 2.89. The molecule has 0 radical (unpaired) electrons. The second-order valence-electron chi connectivity index (χ2n) is 3.08. The van der Waals surface area contributed by atoms with E-state index in [1.165, 1.54) is 0 Å². The molecule has 0 amide bonds. The maximum absolute atomic E-state index is 11.6. The molecule has 1 aromatic rings. The third-order valence-electron chi connectivity index (χ3n) is 2.12. The van der Waals surface area contributed by atoms with Gasteiger partial charge < -0.3 is 9.05 Å². The average molecular weight is 225 g/mol. The van der Waals surface area contributed by atoms with Gasteiger partial charge in [0.05, 0.1) is 17.9 Å². The average Bonchev–Trinajstić information content (AvgIpc) is 2.26. The van der Waals surface area contributed by atoms with Crippen molar-refractivity contribution in [3.8, 4) is 0 Å².